The zero-order chi connectivity index (χ0) is 10.2. The highest BCUT2D eigenvalue weighted by atomic mass is 79.9. The lowest BCUT2D eigenvalue weighted by molar-refractivity contribution is 0.585. The van der Waals surface area contributed by atoms with Crippen LogP contribution in [-0.4, -0.2) is 22.0 Å². The Morgan fingerprint density at radius 3 is 2.07 bits per heavy atom. The van der Waals surface area contributed by atoms with Gasteiger partial charge in [0.15, 0.2) is 0 Å². The fourth-order valence-corrected chi connectivity index (χ4v) is 8.46. The van der Waals surface area contributed by atoms with Gasteiger partial charge in [-0.1, -0.05) is 62.2 Å². The molecule has 4 heteroatoms. The van der Waals surface area contributed by atoms with Crippen molar-refractivity contribution >= 4 is 44.3 Å². The molecular weight excluding hydrogens is 327 g/mol. The molecule has 2 atom stereocenters. The molecule has 1 saturated heterocycles. The molecule has 1 aliphatic rings. The van der Waals surface area contributed by atoms with E-state index in [1.807, 2.05) is 30.3 Å². The van der Waals surface area contributed by atoms with E-state index in [1.165, 1.54) is 0 Å². The van der Waals surface area contributed by atoms with E-state index < -0.39 is 7.14 Å². The van der Waals surface area contributed by atoms with Crippen molar-refractivity contribution in [2.75, 3.05) is 12.3 Å². The minimum Gasteiger partial charge on any atom is -0.319 e. The van der Waals surface area contributed by atoms with E-state index >= 15 is 0 Å². The average Bonchev–Trinajstić information content (AvgIpc) is 2.44. The molecule has 2 unspecified atom stereocenters. The fourth-order valence-electron chi connectivity index (χ4n) is 1.78. The van der Waals surface area contributed by atoms with Crippen LogP contribution in [0, 0.1) is 0 Å². The van der Waals surface area contributed by atoms with Crippen molar-refractivity contribution < 1.29 is 4.57 Å². The molecule has 0 radical (unpaired) electrons. The lowest BCUT2D eigenvalue weighted by atomic mass is 10.4. The smallest absolute Gasteiger partial charge is 0.117 e. The largest absolute Gasteiger partial charge is 0.319 e. The van der Waals surface area contributed by atoms with Crippen molar-refractivity contribution in [3.63, 3.8) is 0 Å². The van der Waals surface area contributed by atoms with E-state index in [-0.39, 0.29) is 0 Å². The third-order valence-corrected chi connectivity index (χ3v) is 9.40. The van der Waals surface area contributed by atoms with Gasteiger partial charge in [0.05, 0.1) is 0 Å². The molecule has 14 heavy (non-hydrogen) atoms. The van der Waals surface area contributed by atoms with Gasteiger partial charge in [-0.2, -0.15) is 0 Å². The van der Waals surface area contributed by atoms with Crippen molar-refractivity contribution in [1.82, 2.24) is 0 Å². The van der Waals surface area contributed by atoms with Crippen LogP contribution in [0.5, 0.6) is 0 Å². The molecule has 0 aromatic heterocycles. The Balaban J connectivity index is 2.32. The molecule has 1 heterocycles. The molecule has 1 aromatic carbocycles. The van der Waals surface area contributed by atoms with Gasteiger partial charge in [0.1, 0.15) is 7.14 Å². The summed E-state index contributed by atoms with van der Waals surface area (Å²) in [5.41, 5.74) is 0. The molecule has 0 N–H and O–H groups in total. The maximum absolute atomic E-state index is 12.6. The van der Waals surface area contributed by atoms with Crippen molar-refractivity contribution in [2.45, 2.75) is 9.65 Å². The van der Waals surface area contributed by atoms with Crippen LogP contribution >= 0.6 is 39.0 Å². The Kier molecular flexibility index (Phi) is 3.21. The Morgan fingerprint density at radius 2 is 1.57 bits per heavy atom. The monoisotopic (exact) mass is 336 g/mol. The molecule has 1 fully saturated rings. The predicted octanol–water partition coefficient (Wildman–Crippen LogP) is 3.22. The van der Waals surface area contributed by atoms with Gasteiger partial charge in [-0.3, -0.25) is 0 Å². The average molecular weight is 338 g/mol. The number of rotatable bonds is 1. The van der Waals surface area contributed by atoms with Gasteiger partial charge < -0.3 is 4.57 Å². The van der Waals surface area contributed by atoms with E-state index in [9.17, 15) is 4.57 Å². The number of benzene rings is 1. The Bertz CT molecular complexity index is 352. The van der Waals surface area contributed by atoms with Crippen LogP contribution in [-0.2, 0) is 4.57 Å². The van der Waals surface area contributed by atoms with E-state index in [4.69, 9.17) is 0 Å². The SMILES string of the molecule is O=P1(c2ccccc2)CC(Br)C(Br)C1. The zero-order valence-corrected chi connectivity index (χ0v) is 11.6. The van der Waals surface area contributed by atoms with Crippen LogP contribution in [0.15, 0.2) is 30.3 Å². The van der Waals surface area contributed by atoms with E-state index in [0.717, 1.165) is 17.6 Å². The summed E-state index contributed by atoms with van der Waals surface area (Å²) >= 11 is 7.11. The predicted molar refractivity (Wildman–Crippen MR) is 68.8 cm³/mol. The quantitative estimate of drug-likeness (QED) is 0.568. The van der Waals surface area contributed by atoms with Crippen LogP contribution in [0.4, 0.5) is 0 Å². The minimum atomic E-state index is -2.13. The lowest BCUT2D eigenvalue weighted by Gasteiger charge is -2.10. The zero-order valence-electron chi connectivity index (χ0n) is 7.57. The summed E-state index contributed by atoms with van der Waals surface area (Å²) in [5.74, 6) is 0. The minimum absolute atomic E-state index is 0.341. The molecule has 1 aliphatic heterocycles. The van der Waals surface area contributed by atoms with Gasteiger partial charge in [0.25, 0.3) is 0 Å². The molecule has 2 rings (SSSR count). The van der Waals surface area contributed by atoms with Gasteiger partial charge >= 0.3 is 0 Å². The highest BCUT2D eigenvalue weighted by molar-refractivity contribution is 9.12. The topological polar surface area (TPSA) is 17.1 Å². The van der Waals surface area contributed by atoms with Crippen molar-refractivity contribution in [3.05, 3.63) is 30.3 Å². The van der Waals surface area contributed by atoms with Gasteiger partial charge in [-0.15, -0.1) is 0 Å². The Hall–Kier alpha value is 0.410. The number of halogens is 2. The standard InChI is InChI=1S/C10H11Br2OP/c11-9-6-14(13,7-10(9)12)8-4-2-1-3-5-8/h1-5,9-10H,6-7H2. The molecule has 1 aromatic rings. The summed E-state index contributed by atoms with van der Waals surface area (Å²) in [4.78, 5) is 0.682. The molecule has 1 nitrogen and oxygen atoms in total. The second-order valence-electron chi connectivity index (χ2n) is 3.62. The fraction of sp³-hybridized carbons (Fsp3) is 0.400. The molecule has 0 spiro atoms. The van der Waals surface area contributed by atoms with E-state index in [1.54, 1.807) is 0 Å². The summed E-state index contributed by atoms with van der Waals surface area (Å²) in [6.45, 7) is 0. The third kappa shape index (κ3) is 2.00. The molecular formula is C10H11Br2OP. The number of hydrogen-bond acceptors (Lipinski definition) is 1. The molecule has 0 saturated carbocycles. The molecule has 0 aliphatic carbocycles. The third-order valence-electron chi connectivity index (χ3n) is 2.56. The van der Waals surface area contributed by atoms with Crippen LogP contribution in [0.1, 0.15) is 0 Å². The normalized spacial score (nSPS) is 37.3. The summed E-state index contributed by atoms with van der Waals surface area (Å²) in [7, 11) is -2.13. The van der Waals surface area contributed by atoms with Crippen molar-refractivity contribution in [2.24, 2.45) is 0 Å². The summed E-state index contributed by atoms with van der Waals surface area (Å²) in [6.07, 6.45) is 1.54. The first-order chi connectivity index (χ1) is 6.62. The summed E-state index contributed by atoms with van der Waals surface area (Å²) < 4.78 is 12.6. The van der Waals surface area contributed by atoms with E-state index in [2.05, 4.69) is 31.9 Å². The number of alkyl halides is 2. The van der Waals surface area contributed by atoms with Gasteiger partial charge in [0.2, 0.25) is 0 Å². The van der Waals surface area contributed by atoms with Gasteiger partial charge in [0, 0.05) is 27.3 Å². The van der Waals surface area contributed by atoms with Crippen LogP contribution in [0.2, 0.25) is 0 Å². The van der Waals surface area contributed by atoms with Gasteiger partial charge in [-0.05, 0) is 0 Å². The Labute approximate surface area is 101 Å². The van der Waals surface area contributed by atoms with Crippen LogP contribution in [0.25, 0.3) is 0 Å². The molecule has 0 bridgehead atoms. The summed E-state index contributed by atoms with van der Waals surface area (Å²) in [5, 5.41) is 1.02. The van der Waals surface area contributed by atoms with Crippen molar-refractivity contribution in [1.29, 1.82) is 0 Å². The first-order valence-corrected chi connectivity index (χ1v) is 8.44. The maximum atomic E-state index is 12.6. The maximum Gasteiger partial charge on any atom is 0.117 e. The van der Waals surface area contributed by atoms with Crippen LogP contribution in [0.3, 0.4) is 0 Å². The van der Waals surface area contributed by atoms with Crippen molar-refractivity contribution in [3.8, 4) is 0 Å². The lowest BCUT2D eigenvalue weighted by Crippen LogP contribution is -2.08. The summed E-state index contributed by atoms with van der Waals surface area (Å²) in [6, 6.07) is 9.83. The van der Waals surface area contributed by atoms with Crippen LogP contribution < -0.4 is 5.30 Å². The molecule has 0 amide bonds. The highest BCUT2D eigenvalue weighted by Crippen LogP contribution is 2.54. The highest BCUT2D eigenvalue weighted by Gasteiger charge is 2.40. The Morgan fingerprint density at radius 1 is 1.07 bits per heavy atom. The van der Waals surface area contributed by atoms with E-state index in [0.29, 0.717) is 9.65 Å². The first-order valence-electron chi connectivity index (χ1n) is 4.54. The van der Waals surface area contributed by atoms with Gasteiger partial charge in [-0.25, -0.2) is 0 Å². The molecule has 76 valence electrons. The second kappa shape index (κ2) is 4.11. The second-order valence-corrected chi connectivity index (χ2v) is 9.00. The first kappa shape index (κ1) is 10.9. The number of hydrogen-bond donors (Lipinski definition) is 0.